The zero-order chi connectivity index (χ0) is 26.2. The van der Waals surface area contributed by atoms with Gasteiger partial charge in [-0.1, -0.05) is 54.1 Å². The Morgan fingerprint density at radius 3 is 2.45 bits per heavy atom. The summed E-state index contributed by atoms with van der Waals surface area (Å²) < 4.78 is 13.4. The minimum Gasteiger partial charge on any atom is -0.460 e. The van der Waals surface area contributed by atoms with Crippen LogP contribution in [0.2, 0.25) is 0 Å². The van der Waals surface area contributed by atoms with Crippen LogP contribution in [0.25, 0.3) is 28.1 Å². The zero-order valence-electron chi connectivity index (χ0n) is 21.4. The lowest BCUT2D eigenvalue weighted by Gasteiger charge is -2.28. The normalized spacial score (nSPS) is 15.2. The molecule has 0 saturated carbocycles. The molecule has 5 aromatic rings. The molecule has 38 heavy (non-hydrogen) atoms. The number of esters is 1. The van der Waals surface area contributed by atoms with Crippen molar-refractivity contribution in [3.8, 4) is 17.1 Å². The average Bonchev–Trinajstić information content (AvgIpc) is 3.64. The van der Waals surface area contributed by atoms with Gasteiger partial charge in [0.15, 0.2) is 11.9 Å². The summed E-state index contributed by atoms with van der Waals surface area (Å²) in [4.78, 5) is 14.7. The first-order valence-corrected chi connectivity index (χ1v) is 12.5. The molecule has 8 nitrogen and oxygen atoms in total. The summed E-state index contributed by atoms with van der Waals surface area (Å²) in [5.41, 5.74) is 5.16. The second-order valence-electron chi connectivity index (χ2n) is 9.17. The van der Waals surface area contributed by atoms with Crippen molar-refractivity contribution in [2.24, 2.45) is 5.10 Å². The number of furan rings is 1. The average molecular weight is 506 g/mol. The molecule has 1 atom stereocenters. The highest BCUT2D eigenvalue weighted by Crippen LogP contribution is 2.40. The fourth-order valence-corrected chi connectivity index (χ4v) is 4.70. The third kappa shape index (κ3) is 4.10. The summed E-state index contributed by atoms with van der Waals surface area (Å²) in [6.45, 7) is 4.08. The van der Waals surface area contributed by atoms with Crippen LogP contribution in [-0.2, 0) is 9.53 Å². The molecule has 0 spiro atoms. The van der Waals surface area contributed by atoms with Crippen LogP contribution < -0.4 is 5.01 Å². The molecule has 0 aliphatic carbocycles. The summed E-state index contributed by atoms with van der Waals surface area (Å²) >= 11 is 0. The van der Waals surface area contributed by atoms with E-state index in [2.05, 4.69) is 0 Å². The Morgan fingerprint density at radius 1 is 0.974 bits per heavy atom. The lowest BCUT2D eigenvalue weighted by atomic mass is 10.1. The van der Waals surface area contributed by atoms with Crippen LogP contribution >= 0.6 is 0 Å². The van der Waals surface area contributed by atoms with Gasteiger partial charge in [-0.15, -0.1) is 5.10 Å². The van der Waals surface area contributed by atoms with E-state index in [1.54, 1.807) is 6.92 Å². The SMILES string of the molecule is CCOC(=O)C1=NN(c2ccc(C)cc2)C(c2cn(-c3ccccc3)nc2-c2cc3ccccc3o2)N1C. The maximum atomic E-state index is 12.9. The molecule has 0 saturated heterocycles. The van der Waals surface area contributed by atoms with Gasteiger partial charge in [0.2, 0.25) is 5.84 Å². The van der Waals surface area contributed by atoms with E-state index in [4.69, 9.17) is 19.4 Å². The van der Waals surface area contributed by atoms with Gasteiger partial charge in [-0.25, -0.2) is 14.5 Å². The van der Waals surface area contributed by atoms with Crippen molar-refractivity contribution in [1.29, 1.82) is 0 Å². The number of rotatable bonds is 6. The zero-order valence-corrected chi connectivity index (χ0v) is 21.4. The van der Waals surface area contributed by atoms with Gasteiger partial charge in [0.25, 0.3) is 0 Å². The topological polar surface area (TPSA) is 76.1 Å². The number of likely N-dealkylation sites (N-methyl/N-ethyl adjacent to an activating group) is 1. The molecule has 0 amide bonds. The largest absolute Gasteiger partial charge is 0.460 e. The number of anilines is 1. The Labute approximate surface area is 220 Å². The van der Waals surface area contributed by atoms with Crippen LogP contribution in [0.3, 0.4) is 0 Å². The number of nitrogens with zero attached hydrogens (tertiary/aromatic N) is 5. The number of hydrogen-bond acceptors (Lipinski definition) is 7. The summed E-state index contributed by atoms with van der Waals surface area (Å²) in [6, 6.07) is 27.8. The van der Waals surface area contributed by atoms with E-state index in [0.29, 0.717) is 11.5 Å². The monoisotopic (exact) mass is 505 g/mol. The van der Waals surface area contributed by atoms with Gasteiger partial charge in [-0.05, 0) is 50.2 Å². The van der Waals surface area contributed by atoms with E-state index in [9.17, 15) is 4.79 Å². The van der Waals surface area contributed by atoms with Gasteiger partial charge < -0.3 is 14.1 Å². The van der Waals surface area contributed by atoms with Crippen LogP contribution in [0.1, 0.15) is 24.2 Å². The van der Waals surface area contributed by atoms with Gasteiger partial charge in [0.05, 0.1) is 18.0 Å². The van der Waals surface area contributed by atoms with Gasteiger partial charge >= 0.3 is 5.97 Å². The van der Waals surface area contributed by atoms with Crippen molar-refractivity contribution in [2.45, 2.75) is 20.0 Å². The number of fused-ring (bicyclic) bond motifs is 1. The minimum absolute atomic E-state index is 0.223. The van der Waals surface area contributed by atoms with Crippen molar-refractivity contribution in [2.75, 3.05) is 18.7 Å². The number of carbonyl (C=O) groups excluding carboxylic acids is 1. The highest BCUT2D eigenvalue weighted by Gasteiger charge is 2.40. The van der Waals surface area contributed by atoms with Crippen LogP contribution in [0.5, 0.6) is 0 Å². The van der Waals surface area contributed by atoms with E-state index >= 15 is 0 Å². The van der Waals surface area contributed by atoms with E-state index in [0.717, 1.165) is 33.5 Å². The van der Waals surface area contributed by atoms with E-state index < -0.39 is 12.1 Å². The molecule has 0 N–H and O–H groups in total. The molecule has 0 bridgehead atoms. The molecule has 0 fully saturated rings. The van der Waals surface area contributed by atoms with E-state index in [1.807, 2.05) is 120 Å². The van der Waals surface area contributed by atoms with Gasteiger partial charge in [0.1, 0.15) is 11.3 Å². The molecular formula is C30H27N5O3. The number of amidine groups is 1. The minimum atomic E-state index is -0.477. The predicted molar refractivity (Wildman–Crippen MR) is 147 cm³/mol. The smallest absolute Gasteiger partial charge is 0.376 e. The Hall–Kier alpha value is -4.85. The number of hydrazone groups is 1. The fraction of sp³-hybridized carbons (Fsp3) is 0.167. The third-order valence-corrected chi connectivity index (χ3v) is 6.59. The number of benzene rings is 3. The van der Waals surface area contributed by atoms with Gasteiger partial charge in [0, 0.05) is 24.2 Å². The molecule has 1 aliphatic rings. The van der Waals surface area contributed by atoms with Crippen molar-refractivity contribution >= 4 is 28.5 Å². The Morgan fingerprint density at radius 2 is 1.71 bits per heavy atom. The van der Waals surface area contributed by atoms with Crippen molar-refractivity contribution in [3.63, 3.8) is 0 Å². The summed E-state index contributed by atoms with van der Waals surface area (Å²) in [5.74, 6) is 0.383. The number of hydrogen-bond donors (Lipinski definition) is 0. The Balaban J connectivity index is 1.54. The molecule has 6 rings (SSSR count). The van der Waals surface area contributed by atoms with Crippen molar-refractivity contribution in [3.05, 3.63) is 102 Å². The summed E-state index contributed by atoms with van der Waals surface area (Å²) in [7, 11) is 1.84. The summed E-state index contributed by atoms with van der Waals surface area (Å²) in [6.07, 6.45) is 1.50. The fourth-order valence-electron chi connectivity index (χ4n) is 4.70. The maximum Gasteiger partial charge on any atom is 0.376 e. The quantitative estimate of drug-likeness (QED) is 0.267. The summed E-state index contributed by atoms with van der Waals surface area (Å²) in [5, 5.41) is 12.5. The number of aromatic nitrogens is 2. The number of ether oxygens (including phenoxy) is 1. The highest BCUT2D eigenvalue weighted by molar-refractivity contribution is 6.36. The third-order valence-electron chi connectivity index (χ3n) is 6.59. The second-order valence-corrected chi connectivity index (χ2v) is 9.17. The number of para-hydroxylation sites is 2. The molecule has 190 valence electrons. The first kappa shape index (κ1) is 23.5. The molecule has 0 radical (unpaired) electrons. The van der Waals surface area contributed by atoms with Gasteiger partial charge in [-0.2, -0.15) is 5.10 Å². The Bertz CT molecular complexity index is 1600. The van der Waals surface area contributed by atoms with Crippen LogP contribution in [-0.4, -0.2) is 40.1 Å². The van der Waals surface area contributed by atoms with Crippen molar-refractivity contribution in [1.82, 2.24) is 14.7 Å². The number of aryl methyl sites for hydroxylation is 1. The molecular weight excluding hydrogens is 478 g/mol. The van der Waals surface area contributed by atoms with Crippen LogP contribution in [0.4, 0.5) is 5.69 Å². The molecule has 8 heteroatoms. The first-order chi connectivity index (χ1) is 18.5. The second kappa shape index (κ2) is 9.55. The van der Waals surface area contributed by atoms with Crippen LogP contribution in [0, 0.1) is 6.92 Å². The van der Waals surface area contributed by atoms with E-state index in [-0.39, 0.29) is 12.4 Å². The standard InChI is InChI=1S/C30H27N5O3/c1-4-37-30(36)28-32-35(23-16-14-20(2)15-17-23)29(33(28)3)24-19-34(22-11-6-5-7-12-22)31-27(24)26-18-21-10-8-9-13-25(21)38-26/h5-19,29H,4H2,1-3H3. The molecule has 2 aromatic heterocycles. The van der Waals surface area contributed by atoms with Gasteiger partial charge in [-0.3, -0.25) is 0 Å². The molecule has 3 aromatic carbocycles. The van der Waals surface area contributed by atoms with Crippen LogP contribution in [0.15, 0.2) is 101 Å². The first-order valence-electron chi connectivity index (χ1n) is 12.5. The molecule has 1 unspecified atom stereocenters. The van der Waals surface area contributed by atoms with E-state index in [1.165, 1.54) is 0 Å². The predicted octanol–water partition coefficient (Wildman–Crippen LogP) is 5.92. The van der Waals surface area contributed by atoms with Crippen molar-refractivity contribution < 1.29 is 13.9 Å². The highest BCUT2D eigenvalue weighted by atomic mass is 16.5. The molecule has 1 aliphatic heterocycles. The lowest BCUT2D eigenvalue weighted by molar-refractivity contribution is -0.135. The Kier molecular flexibility index (Phi) is 5.92. The maximum absolute atomic E-state index is 12.9. The molecule has 3 heterocycles. The lowest BCUT2D eigenvalue weighted by Crippen LogP contribution is -2.36. The number of carbonyl (C=O) groups is 1.